The fourth-order valence-electron chi connectivity index (χ4n) is 3.37. The molecule has 3 atom stereocenters. The topological polar surface area (TPSA) is 56.7 Å². The minimum atomic E-state index is 0.433. The number of hydrogen-bond acceptors (Lipinski definition) is 3. The van der Waals surface area contributed by atoms with E-state index in [4.69, 9.17) is 5.73 Å². The van der Waals surface area contributed by atoms with Gasteiger partial charge in [-0.2, -0.15) is 0 Å². The van der Waals surface area contributed by atoms with Crippen molar-refractivity contribution in [2.24, 2.45) is 11.8 Å². The molecule has 2 N–H and O–H groups in total. The predicted octanol–water partition coefficient (Wildman–Crippen LogP) is 3.32. The van der Waals surface area contributed by atoms with E-state index in [9.17, 15) is 0 Å². The van der Waals surface area contributed by atoms with Crippen LogP contribution in [0.5, 0.6) is 0 Å². The minimum absolute atomic E-state index is 0.433. The molecule has 3 rings (SSSR count). The van der Waals surface area contributed by atoms with Crippen molar-refractivity contribution in [2.45, 2.75) is 46.1 Å². The van der Waals surface area contributed by atoms with Crippen molar-refractivity contribution in [1.29, 1.82) is 0 Å². The Kier molecular flexibility index (Phi) is 2.96. The number of nitrogen functional groups attached to an aromatic ring is 1. The third-order valence-electron chi connectivity index (χ3n) is 4.80. The van der Waals surface area contributed by atoms with Crippen LogP contribution in [0.4, 0.5) is 5.95 Å². The molecule has 2 heterocycles. The molecule has 0 aliphatic heterocycles. The normalized spacial score (nSPS) is 27.8. The lowest BCUT2D eigenvalue weighted by atomic mass is 9.78. The second-order valence-electron chi connectivity index (χ2n) is 5.97. The molecule has 4 heteroatoms. The summed E-state index contributed by atoms with van der Waals surface area (Å²) in [5.41, 5.74) is 9.22. The first-order valence-electron chi connectivity index (χ1n) is 7.18. The number of nitrogens with two attached hydrogens (primary N) is 1. The highest BCUT2D eigenvalue weighted by molar-refractivity contribution is 5.77. The first-order valence-corrected chi connectivity index (χ1v) is 7.18. The molecule has 3 unspecified atom stereocenters. The van der Waals surface area contributed by atoms with Crippen LogP contribution in [-0.4, -0.2) is 14.5 Å². The summed E-state index contributed by atoms with van der Waals surface area (Å²) in [6, 6.07) is 2.43. The van der Waals surface area contributed by atoms with Crippen LogP contribution in [0, 0.1) is 18.8 Å². The fourth-order valence-corrected chi connectivity index (χ4v) is 3.37. The lowest BCUT2D eigenvalue weighted by Gasteiger charge is -2.35. The number of aromatic nitrogens is 3. The molecule has 0 amide bonds. The van der Waals surface area contributed by atoms with E-state index >= 15 is 0 Å². The second kappa shape index (κ2) is 4.51. The van der Waals surface area contributed by atoms with E-state index in [-0.39, 0.29) is 0 Å². The molecule has 1 saturated carbocycles. The summed E-state index contributed by atoms with van der Waals surface area (Å²) in [7, 11) is 0. The van der Waals surface area contributed by atoms with E-state index in [0.29, 0.717) is 17.9 Å². The van der Waals surface area contributed by atoms with Crippen LogP contribution in [0.25, 0.3) is 11.2 Å². The Balaban J connectivity index is 2.14. The van der Waals surface area contributed by atoms with Crippen molar-refractivity contribution in [3.63, 3.8) is 0 Å². The van der Waals surface area contributed by atoms with E-state index in [2.05, 4.69) is 35.3 Å². The molecule has 1 aliphatic carbocycles. The van der Waals surface area contributed by atoms with Gasteiger partial charge < -0.3 is 5.73 Å². The van der Waals surface area contributed by atoms with E-state index in [1.54, 1.807) is 0 Å². The molecular formula is C15H22N4. The molecule has 102 valence electrons. The predicted molar refractivity (Wildman–Crippen MR) is 77.9 cm³/mol. The first-order chi connectivity index (χ1) is 9.09. The third-order valence-corrected chi connectivity index (χ3v) is 4.80. The SMILES string of the molecule is Cc1ccnc2c1nc(N)n2C1CCCC(C)C1C. The minimum Gasteiger partial charge on any atom is -0.369 e. The van der Waals surface area contributed by atoms with Crippen LogP contribution in [0.2, 0.25) is 0 Å². The van der Waals surface area contributed by atoms with Gasteiger partial charge in [0.25, 0.3) is 0 Å². The van der Waals surface area contributed by atoms with E-state index < -0.39 is 0 Å². The Morgan fingerprint density at radius 3 is 2.89 bits per heavy atom. The van der Waals surface area contributed by atoms with Gasteiger partial charge in [0.1, 0.15) is 5.52 Å². The van der Waals surface area contributed by atoms with Crippen molar-refractivity contribution in [3.8, 4) is 0 Å². The highest BCUT2D eigenvalue weighted by Gasteiger charge is 2.31. The van der Waals surface area contributed by atoms with Crippen LogP contribution >= 0.6 is 0 Å². The Bertz CT molecular complexity index is 601. The van der Waals surface area contributed by atoms with Crippen molar-refractivity contribution < 1.29 is 0 Å². The maximum atomic E-state index is 6.17. The van der Waals surface area contributed by atoms with Crippen LogP contribution < -0.4 is 5.73 Å². The summed E-state index contributed by atoms with van der Waals surface area (Å²) in [6.07, 6.45) is 5.61. The number of fused-ring (bicyclic) bond motifs is 1. The fraction of sp³-hybridized carbons (Fsp3) is 0.600. The summed E-state index contributed by atoms with van der Waals surface area (Å²) < 4.78 is 2.17. The number of aryl methyl sites for hydroxylation is 1. The molecule has 4 nitrogen and oxygen atoms in total. The summed E-state index contributed by atoms with van der Waals surface area (Å²) in [5, 5.41) is 0. The van der Waals surface area contributed by atoms with Crippen molar-refractivity contribution in [1.82, 2.24) is 14.5 Å². The molecule has 19 heavy (non-hydrogen) atoms. The molecule has 0 aromatic carbocycles. The monoisotopic (exact) mass is 258 g/mol. The van der Waals surface area contributed by atoms with Gasteiger partial charge in [-0.1, -0.05) is 26.7 Å². The number of imidazole rings is 1. The maximum absolute atomic E-state index is 6.17. The van der Waals surface area contributed by atoms with Crippen LogP contribution in [0.1, 0.15) is 44.7 Å². The van der Waals surface area contributed by atoms with Gasteiger partial charge in [-0.05, 0) is 36.8 Å². The van der Waals surface area contributed by atoms with Gasteiger partial charge in [-0.25, -0.2) is 9.97 Å². The zero-order valence-electron chi connectivity index (χ0n) is 11.9. The summed E-state index contributed by atoms with van der Waals surface area (Å²) in [4.78, 5) is 9.04. The van der Waals surface area contributed by atoms with Gasteiger partial charge in [0.2, 0.25) is 5.95 Å². The largest absolute Gasteiger partial charge is 0.369 e. The standard InChI is InChI=1S/C15H22N4/c1-9-5-4-6-12(11(9)3)19-14-13(18-15(19)16)10(2)7-8-17-14/h7-9,11-12H,4-6H2,1-3H3,(H2,16,18). The van der Waals surface area contributed by atoms with E-state index in [0.717, 1.165) is 22.6 Å². The quantitative estimate of drug-likeness (QED) is 0.853. The Hall–Kier alpha value is -1.58. The molecule has 0 spiro atoms. The van der Waals surface area contributed by atoms with Crippen LogP contribution in [-0.2, 0) is 0 Å². The number of hydrogen-bond donors (Lipinski definition) is 1. The smallest absolute Gasteiger partial charge is 0.202 e. The van der Waals surface area contributed by atoms with Gasteiger partial charge in [0.15, 0.2) is 5.65 Å². The lowest BCUT2D eigenvalue weighted by molar-refractivity contribution is 0.191. The molecule has 0 radical (unpaired) electrons. The average molecular weight is 258 g/mol. The molecule has 0 bridgehead atoms. The van der Waals surface area contributed by atoms with Gasteiger partial charge in [0, 0.05) is 12.2 Å². The van der Waals surface area contributed by atoms with Gasteiger partial charge >= 0.3 is 0 Å². The Morgan fingerprint density at radius 2 is 2.11 bits per heavy atom. The van der Waals surface area contributed by atoms with E-state index in [1.165, 1.54) is 19.3 Å². The summed E-state index contributed by atoms with van der Waals surface area (Å²) in [5.74, 6) is 1.97. The number of anilines is 1. The molecule has 2 aromatic rings. The Labute approximate surface area is 114 Å². The van der Waals surface area contributed by atoms with Crippen molar-refractivity contribution in [3.05, 3.63) is 17.8 Å². The highest BCUT2D eigenvalue weighted by Crippen LogP contribution is 2.40. The molecule has 1 fully saturated rings. The maximum Gasteiger partial charge on any atom is 0.202 e. The Morgan fingerprint density at radius 1 is 1.32 bits per heavy atom. The number of pyridine rings is 1. The molecule has 2 aromatic heterocycles. The zero-order chi connectivity index (χ0) is 13.6. The highest BCUT2D eigenvalue weighted by atomic mass is 15.2. The third kappa shape index (κ3) is 1.90. The average Bonchev–Trinajstić information content (AvgIpc) is 2.71. The van der Waals surface area contributed by atoms with Crippen LogP contribution in [0.15, 0.2) is 12.3 Å². The van der Waals surface area contributed by atoms with E-state index in [1.807, 2.05) is 12.3 Å². The zero-order valence-corrected chi connectivity index (χ0v) is 11.9. The molecule has 1 aliphatic rings. The summed E-state index contributed by atoms with van der Waals surface area (Å²) >= 11 is 0. The molecular weight excluding hydrogens is 236 g/mol. The summed E-state index contributed by atoms with van der Waals surface area (Å²) in [6.45, 7) is 6.73. The van der Waals surface area contributed by atoms with Gasteiger partial charge in [-0.15, -0.1) is 0 Å². The molecule has 0 saturated heterocycles. The van der Waals surface area contributed by atoms with Crippen LogP contribution in [0.3, 0.4) is 0 Å². The van der Waals surface area contributed by atoms with Crippen molar-refractivity contribution in [2.75, 3.05) is 5.73 Å². The second-order valence-corrected chi connectivity index (χ2v) is 5.97. The van der Waals surface area contributed by atoms with Gasteiger partial charge in [0.05, 0.1) is 0 Å². The number of nitrogens with zero attached hydrogens (tertiary/aromatic N) is 3. The lowest BCUT2D eigenvalue weighted by Crippen LogP contribution is -2.27. The first kappa shape index (κ1) is 12.5. The number of rotatable bonds is 1. The van der Waals surface area contributed by atoms with Gasteiger partial charge in [-0.3, -0.25) is 4.57 Å². The van der Waals surface area contributed by atoms with Crippen molar-refractivity contribution >= 4 is 17.1 Å².